The van der Waals surface area contributed by atoms with Crippen molar-refractivity contribution in [3.63, 3.8) is 0 Å². The Kier molecular flexibility index (Phi) is 10.9. The highest BCUT2D eigenvalue weighted by Gasteiger charge is 2.37. The van der Waals surface area contributed by atoms with E-state index in [4.69, 9.17) is 27.9 Å². The van der Waals surface area contributed by atoms with Gasteiger partial charge in [0, 0.05) is 36.1 Å². The molecule has 0 radical (unpaired) electrons. The number of benzene rings is 4. The number of halogens is 2. The number of rotatable bonds is 11. The zero-order chi connectivity index (χ0) is 32.6. The number of nitrogens with one attached hydrogen (secondary N) is 1. The van der Waals surface area contributed by atoms with Gasteiger partial charge in [-0.1, -0.05) is 102 Å². The molecule has 1 heterocycles. The third kappa shape index (κ3) is 7.69. The van der Waals surface area contributed by atoms with Crippen LogP contribution in [0.4, 0.5) is 0 Å². The highest BCUT2D eigenvalue weighted by Crippen LogP contribution is 2.39. The van der Waals surface area contributed by atoms with Crippen LogP contribution in [0.2, 0.25) is 10.0 Å². The van der Waals surface area contributed by atoms with Crippen molar-refractivity contribution in [3.8, 4) is 0 Å². The van der Waals surface area contributed by atoms with E-state index in [1.807, 2.05) is 42.5 Å². The average molecular weight is 656 g/mol. The van der Waals surface area contributed by atoms with E-state index in [0.29, 0.717) is 39.0 Å². The Morgan fingerprint density at radius 3 is 2.20 bits per heavy atom. The monoisotopic (exact) mass is 654 g/mol. The topological polar surface area (TPSA) is 75.7 Å². The molecular formula is C38H36Cl2N2O4. The fourth-order valence-corrected chi connectivity index (χ4v) is 6.32. The molecule has 0 spiro atoms. The highest BCUT2D eigenvalue weighted by molar-refractivity contribution is 6.42. The number of nitrogens with zero attached hydrogens (tertiary/aromatic N) is 1. The molecule has 236 valence electrons. The summed E-state index contributed by atoms with van der Waals surface area (Å²) in [4.78, 5) is 41.6. The van der Waals surface area contributed by atoms with Crippen molar-refractivity contribution in [3.05, 3.63) is 152 Å². The average Bonchev–Trinajstić information content (AvgIpc) is 3.07. The van der Waals surface area contributed by atoms with E-state index in [-0.39, 0.29) is 37.3 Å². The Labute approximate surface area is 280 Å². The maximum atomic E-state index is 13.5. The number of esters is 1. The van der Waals surface area contributed by atoms with Gasteiger partial charge in [-0.15, -0.1) is 0 Å². The molecule has 1 atom stereocenters. The van der Waals surface area contributed by atoms with Gasteiger partial charge in [-0.05, 0) is 66.8 Å². The van der Waals surface area contributed by atoms with E-state index >= 15 is 0 Å². The second kappa shape index (κ2) is 15.3. The van der Waals surface area contributed by atoms with Crippen molar-refractivity contribution < 1.29 is 19.1 Å². The fraction of sp³-hybridized carbons (Fsp3) is 0.237. The summed E-state index contributed by atoms with van der Waals surface area (Å²) in [7, 11) is 0. The third-order valence-corrected chi connectivity index (χ3v) is 9.06. The van der Waals surface area contributed by atoms with Gasteiger partial charge in [0.1, 0.15) is 0 Å². The summed E-state index contributed by atoms with van der Waals surface area (Å²) in [5.74, 6) is -1.19. The number of hydrogen-bond acceptors (Lipinski definition) is 4. The van der Waals surface area contributed by atoms with Crippen LogP contribution in [0.3, 0.4) is 0 Å². The van der Waals surface area contributed by atoms with Gasteiger partial charge in [-0.2, -0.15) is 0 Å². The number of carbonyl (C=O) groups is 3. The van der Waals surface area contributed by atoms with Crippen LogP contribution < -0.4 is 5.32 Å². The van der Waals surface area contributed by atoms with Gasteiger partial charge in [-0.3, -0.25) is 9.59 Å². The fourth-order valence-electron chi connectivity index (χ4n) is 6.01. The molecule has 1 aliphatic heterocycles. The van der Waals surface area contributed by atoms with E-state index in [1.165, 1.54) is 11.1 Å². The molecule has 0 fully saturated rings. The van der Waals surface area contributed by atoms with E-state index in [9.17, 15) is 14.4 Å². The molecule has 1 N–H and O–H groups in total. The predicted molar refractivity (Wildman–Crippen MR) is 182 cm³/mol. The van der Waals surface area contributed by atoms with Gasteiger partial charge in [-0.25, -0.2) is 4.79 Å². The summed E-state index contributed by atoms with van der Waals surface area (Å²) in [6.45, 7) is 4.39. The molecule has 4 aromatic rings. The van der Waals surface area contributed by atoms with Gasteiger partial charge in [0.2, 0.25) is 5.91 Å². The first-order valence-corrected chi connectivity index (χ1v) is 16.1. The Morgan fingerprint density at radius 2 is 1.57 bits per heavy atom. The number of amides is 2. The maximum Gasteiger partial charge on any atom is 0.336 e. The van der Waals surface area contributed by atoms with E-state index in [2.05, 4.69) is 29.6 Å². The molecule has 2 amide bonds. The Hall–Kier alpha value is -4.39. The van der Waals surface area contributed by atoms with Crippen molar-refractivity contribution in [2.45, 2.75) is 45.1 Å². The molecule has 5 rings (SSSR count). The molecule has 0 saturated carbocycles. The number of allylic oxidation sites excluding steroid dienone is 1. The predicted octanol–water partition coefficient (Wildman–Crippen LogP) is 8.30. The van der Waals surface area contributed by atoms with Gasteiger partial charge in [0.25, 0.3) is 5.91 Å². The summed E-state index contributed by atoms with van der Waals surface area (Å²) in [5.41, 5.74) is 5.28. The Bertz CT molecular complexity index is 1700. The molecule has 8 heteroatoms. The molecule has 0 bridgehead atoms. The number of hydrogen-bond donors (Lipinski definition) is 1. The lowest BCUT2D eigenvalue weighted by Gasteiger charge is -2.34. The van der Waals surface area contributed by atoms with Crippen molar-refractivity contribution in [2.75, 3.05) is 13.2 Å². The molecule has 0 aromatic heterocycles. The second-order valence-electron chi connectivity index (χ2n) is 11.2. The molecule has 0 saturated heterocycles. The lowest BCUT2D eigenvalue weighted by molar-refractivity contribution is -0.140. The first kappa shape index (κ1) is 33.0. The maximum absolute atomic E-state index is 13.5. The minimum atomic E-state index is -0.523. The SMILES string of the molecule is CCOC(=O)C1=C(C)N(Cc2cccc(C(=O)NCCC(c3ccccc3)c3ccccc3)c2)C(=O)C[C@@H]1c1ccc(Cl)c(Cl)c1. The minimum Gasteiger partial charge on any atom is -0.463 e. The summed E-state index contributed by atoms with van der Waals surface area (Å²) in [5, 5.41) is 3.82. The van der Waals surface area contributed by atoms with Gasteiger partial charge >= 0.3 is 5.97 Å². The zero-order valence-corrected chi connectivity index (χ0v) is 27.4. The molecule has 1 aliphatic rings. The quantitative estimate of drug-likeness (QED) is 0.165. The van der Waals surface area contributed by atoms with Crippen LogP contribution in [0.5, 0.6) is 0 Å². The van der Waals surface area contributed by atoms with Crippen molar-refractivity contribution in [2.24, 2.45) is 0 Å². The summed E-state index contributed by atoms with van der Waals surface area (Å²) < 4.78 is 5.41. The van der Waals surface area contributed by atoms with Crippen LogP contribution in [0.25, 0.3) is 0 Å². The molecular weight excluding hydrogens is 619 g/mol. The highest BCUT2D eigenvalue weighted by atomic mass is 35.5. The van der Waals surface area contributed by atoms with E-state index in [0.717, 1.165) is 12.0 Å². The van der Waals surface area contributed by atoms with Gasteiger partial charge in [0.15, 0.2) is 0 Å². The largest absolute Gasteiger partial charge is 0.463 e. The lowest BCUT2D eigenvalue weighted by Crippen LogP contribution is -2.38. The van der Waals surface area contributed by atoms with E-state index < -0.39 is 11.9 Å². The Balaban J connectivity index is 1.32. The standard InChI is InChI=1S/C38H36Cl2N2O4/c1-3-46-38(45)36-25(2)42(35(43)23-32(36)29-17-18-33(39)34(40)22-29)24-26-11-10-16-30(21-26)37(44)41-20-19-31(27-12-6-4-7-13-27)28-14-8-5-9-15-28/h4-18,21-22,31-32H,3,19-20,23-24H2,1-2H3,(H,41,44)/t32-/m1/s1. The van der Waals surface area contributed by atoms with Gasteiger partial charge < -0.3 is 15.0 Å². The van der Waals surface area contributed by atoms with Crippen LogP contribution in [-0.4, -0.2) is 35.8 Å². The van der Waals surface area contributed by atoms with Crippen LogP contribution in [0, 0.1) is 0 Å². The van der Waals surface area contributed by atoms with Crippen LogP contribution in [0.1, 0.15) is 71.1 Å². The number of ether oxygens (including phenoxy) is 1. The molecule has 0 unspecified atom stereocenters. The summed E-state index contributed by atoms with van der Waals surface area (Å²) in [6.07, 6.45) is 0.802. The minimum absolute atomic E-state index is 0.0631. The van der Waals surface area contributed by atoms with Crippen LogP contribution in [-0.2, 0) is 20.9 Å². The van der Waals surface area contributed by atoms with Crippen LogP contribution >= 0.6 is 23.2 Å². The molecule has 46 heavy (non-hydrogen) atoms. The lowest BCUT2D eigenvalue weighted by atomic mass is 9.83. The smallest absolute Gasteiger partial charge is 0.336 e. The Morgan fingerprint density at radius 1 is 0.891 bits per heavy atom. The van der Waals surface area contributed by atoms with Crippen molar-refractivity contribution in [1.82, 2.24) is 10.2 Å². The third-order valence-electron chi connectivity index (χ3n) is 8.32. The zero-order valence-electron chi connectivity index (χ0n) is 25.8. The molecule has 0 aliphatic carbocycles. The number of carbonyl (C=O) groups excluding carboxylic acids is 3. The first-order valence-electron chi connectivity index (χ1n) is 15.4. The van der Waals surface area contributed by atoms with Gasteiger partial charge in [0.05, 0.1) is 28.8 Å². The molecule has 4 aromatic carbocycles. The summed E-state index contributed by atoms with van der Waals surface area (Å²) in [6, 6.07) is 32.9. The second-order valence-corrected chi connectivity index (χ2v) is 12.1. The van der Waals surface area contributed by atoms with Crippen LogP contribution in [0.15, 0.2) is 114 Å². The normalized spacial score (nSPS) is 14.8. The summed E-state index contributed by atoms with van der Waals surface area (Å²) >= 11 is 12.4. The van der Waals surface area contributed by atoms with Crippen molar-refractivity contribution in [1.29, 1.82) is 0 Å². The molecule has 6 nitrogen and oxygen atoms in total. The first-order chi connectivity index (χ1) is 22.3. The van der Waals surface area contributed by atoms with E-state index in [1.54, 1.807) is 55.1 Å². The van der Waals surface area contributed by atoms with Crippen molar-refractivity contribution >= 4 is 41.0 Å².